The number of sulfonamides is 1. The summed E-state index contributed by atoms with van der Waals surface area (Å²) in [5, 5.41) is 10.0. The number of halogens is 1. The number of carbonyl (C=O) groups is 1. The number of aryl methyl sites for hydroxylation is 1. The summed E-state index contributed by atoms with van der Waals surface area (Å²) in [5.74, 6) is -0.453. The van der Waals surface area contributed by atoms with Crippen LogP contribution in [0.4, 0.5) is 10.3 Å². The van der Waals surface area contributed by atoms with Crippen molar-refractivity contribution in [3.8, 4) is 0 Å². The topological polar surface area (TPSA) is 127 Å². The largest absolute Gasteiger partial charge is 0.316 e. The van der Waals surface area contributed by atoms with Crippen molar-refractivity contribution in [1.82, 2.24) is 10.2 Å². The Bertz CT molecular complexity index is 776. The zero-order chi connectivity index (χ0) is 16.3. The number of benzene rings is 1. The first kappa shape index (κ1) is 19.3. The first-order valence-electron chi connectivity index (χ1n) is 6.19. The average Bonchev–Trinajstić information content (AvgIpc) is 2.83. The van der Waals surface area contributed by atoms with Crippen molar-refractivity contribution in [3.63, 3.8) is 0 Å². The number of nitrogens with two attached hydrogens (primary N) is 1. The third kappa shape index (κ3) is 5.75. The van der Waals surface area contributed by atoms with Crippen molar-refractivity contribution < 1.29 is 13.2 Å². The minimum atomic E-state index is -3.44. The van der Waals surface area contributed by atoms with E-state index in [0.29, 0.717) is 5.56 Å². The van der Waals surface area contributed by atoms with Gasteiger partial charge in [-0.05, 0) is 12.5 Å². The Morgan fingerprint density at radius 2 is 1.78 bits per heavy atom. The third-order valence-corrected chi connectivity index (χ3v) is 4.09. The predicted octanol–water partition coefficient (Wildman–Crippen LogP) is 1.28. The lowest BCUT2D eigenvalue weighted by molar-refractivity contribution is -0.117. The van der Waals surface area contributed by atoms with Crippen molar-refractivity contribution >= 4 is 49.9 Å². The highest BCUT2D eigenvalue weighted by Crippen LogP contribution is 2.22. The molecule has 1 amide bonds. The predicted molar refractivity (Wildman–Crippen MR) is 92.4 cm³/mol. The number of anilines is 2. The van der Waals surface area contributed by atoms with E-state index in [1.165, 1.54) is 0 Å². The number of carbonyl (C=O) groups excluding carboxylic acids is 1. The molecule has 2 aromatic rings. The molecule has 0 saturated heterocycles. The van der Waals surface area contributed by atoms with Crippen LogP contribution in [-0.4, -0.2) is 30.8 Å². The summed E-state index contributed by atoms with van der Waals surface area (Å²) in [7, 11) is -3.44. The molecule has 1 aromatic heterocycles. The standard InChI is InChI=1S/C12H15N5O3S2.ClH/c1-7-3-5-8(6-4-7)9(13)10(18)14-11-15-16-12(21-11)17-22(2,19)20;/h3-6,9H,13H2,1-2H3,(H,16,17)(H,14,15,18);1H. The fourth-order valence-electron chi connectivity index (χ4n) is 1.58. The monoisotopic (exact) mass is 377 g/mol. The lowest BCUT2D eigenvalue weighted by atomic mass is 10.1. The van der Waals surface area contributed by atoms with Gasteiger partial charge in [0.05, 0.1) is 6.26 Å². The number of aromatic nitrogens is 2. The zero-order valence-electron chi connectivity index (χ0n) is 12.3. The van der Waals surface area contributed by atoms with E-state index >= 15 is 0 Å². The summed E-state index contributed by atoms with van der Waals surface area (Å²) in [6.07, 6.45) is 1.000. The zero-order valence-corrected chi connectivity index (χ0v) is 14.8. The molecule has 23 heavy (non-hydrogen) atoms. The number of rotatable bonds is 5. The molecule has 0 radical (unpaired) electrons. The quantitative estimate of drug-likeness (QED) is 0.720. The summed E-state index contributed by atoms with van der Waals surface area (Å²) < 4.78 is 24.3. The van der Waals surface area contributed by atoms with Gasteiger partial charge in [0, 0.05) is 0 Å². The smallest absolute Gasteiger partial charge is 0.247 e. The van der Waals surface area contributed by atoms with E-state index in [1.807, 2.05) is 19.1 Å². The fourth-order valence-corrected chi connectivity index (χ4v) is 3.06. The van der Waals surface area contributed by atoms with Crippen LogP contribution in [0.3, 0.4) is 0 Å². The van der Waals surface area contributed by atoms with Gasteiger partial charge in [-0.2, -0.15) is 0 Å². The molecule has 1 aromatic carbocycles. The number of amides is 1. The Labute approximate surface area is 144 Å². The van der Waals surface area contributed by atoms with Crippen LogP contribution in [0.1, 0.15) is 17.2 Å². The molecule has 0 aliphatic rings. The van der Waals surface area contributed by atoms with E-state index in [9.17, 15) is 13.2 Å². The molecular formula is C12H16ClN5O3S2. The van der Waals surface area contributed by atoms with Crippen LogP contribution in [0.25, 0.3) is 0 Å². The summed E-state index contributed by atoms with van der Waals surface area (Å²) >= 11 is 0.903. The van der Waals surface area contributed by atoms with Gasteiger partial charge in [0.25, 0.3) is 0 Å². The summed E-state index contributed by atoms with van der Waals surface area (Å²) in [6, 6.07) is 6.42. The normalized spacial score (nSPS) is 12.1. The summed E-state index contributed by atoms with van der Waals surface area (Å²) in [4.78, 5) is 12.1. The lowest BCUT2D eigenvalue weighted by Gasteiger charge is -2.10. The second-order valence-corrected chi connectivity index (χ2v) is 7.39. The molecule has 2 rings (SSSR count). The van der Waals surface area contributed by atoms with Gasteiger partial charge in [0.2, 0.25) is 26.2 Å². The molecule has 0 bridgehead atoms. The van der Waals surface area contributed by atoms with E-state index in [0.717, 1.165) is 23.2 Å². The minimum Gasteiger partial charge on any atom is -0.316 e. The highest BCUT2D eigenvalue weighted by Gasteiger charge is 2.18. The molecule has 8 nitrogen and oxygen atoms in total. The van der Waals surface area contributed by atoms with Gasteiger partial charge >= 0.3 is 0 Å². The molecule has 1 heterocycles. The van der Waals surface area contributed by atoms with Gasteiger partial charge in [-0.1, -0.05) is 41.2 Å². The van der Waals surface area contributed by atoms with Crippen LogP contribution in [0, 0.1) is 6.92 Å². The van der Waals surface area contributed by atoms with Crippen molar-refractivity contribution in [3.05, 3.63) is 35.4 Å². The van der Waals surface area contributed by atoms with Crippen molar-refractivity contribution in [2.75, 3.05) is 16.3 Å². The second kappa shape index (κ2) is 7.68. The van der Waals surface area contributed by atoms with Crippen LogP contribution in [0.2, 0.25) is 0 Å². The van der Waals surface area contributed by atoms with E-state index in [1.54, 1.807) is 12.1 Å². The number of nitrogens with zero attached hydrogens (tertiary/aromatic N) is 2. The van der Waals surface area contributed by atoms with E-state index < -0.39 is 22.0 Å². The van der Waals surface area contributed by atoms with Gasteiger partial charge < -0.3 is 5.73 Å². The Hall–Kier alpha value is -1.75. The Balaban J connectivity index is 0.00000264. The lowest BCUT2D eigenvalue weighted by Crippen LogP contribution is -2.27. The molecule has 0 aliphatic carbocycles. The molecule has 0 saturated carbocycles. The van der Waals surface area contributed by atoms with Crippen LogP contribution in [0.5, 0.6) is 0 Å². The van der Waals surface area contributed by atoms with E-state index in [2.05, 4.69) is 20.2 Å². The van der Waals surface area contributed by atoms with Gasteiger partial charge in [0.15, 0.2) is 0 Å². The van der Waals surface area contributed by atoms with E-state index in [-0.39, 0.29) is 22.7 Å². The number of nitrogens with one attached hydrogen (secondary N) is 2. The highest BCUT2D eigenvalue weighted by molar-refractivity contribution is 7.92. The average molecular weight is 378 g/mol. The first-order valence-corrected chi connectivity index (χ1v) is 8.90. The molecule has 4 N–H and O–H groups in total. The molecule has 1 atom stereocenters. The third-order valence-electron chi connectivity index (χ3n) is 2.65. The minimum absolute atomic E-state index is 0. The molecule has 0 aliphatic heterocycles. The van der Waals surface area contributed by atoms with Gasteiger partial charge in [-0.15, -0.1) is 22.6 Å². The molecule has 126 valence electrons. The maximum atomic E-state index is 12.1. The van der Waals surface area contributed by atoms with Crippen LogP contribution < -0.4 is 15.8 Å². The number of hydrogen-bond acceptors (Lipinski definition) is 7. The molecule has 0 fully saturated rings. The Kier molecular flexibility index (Phi) is 6.45. The molecular weight excluding hydrogens is 362 g/mol. The Morgan fingerprint density at radius 1 is 1.22 bits per heavy atom. The first-order chi connectivity index (χ1) is 10.2. The van der Waals surface area contributed by atoms with Crippen molar-refractivity contribution in [2.24, 2.45) is 5.73 Å². The summed E-state index contributed by atoms with van der Waals surface area (Å²) in [6.45, 7) is 1.94. The van der Waals surface area contributed by atoms with Gasteiger partial charge in [0.1, 0.15) is 6.04 Å². The SMILES string of the molecule is Cc1ccc(C(N)C(=O)Nc2nnc(NS(C)(=O)=O)s2)cc1.Cl. The maximum absolute atomic E-state index is 12.1. The van der Waals surface area contributed by atoms with E-state index in [4.69, 9.17) is 5.73 Å². The van der Waals surface area contributed by atoms with Gasteiger partial charge in [-0.3, -0.25) is 14.8 Å². The van der Waals surface area contributed by atoms with Crippen molar-refractivity contribution in [2.45, 2.75) is 13.0 Å². The van der Waals surface area contributed by atoms with Gasteiger partial charge in [-0.25, -0.2) is 8.42 Å². The maximum Gasteiger partial charge on any atom is 0.247 e. The van der Waals surface area contributed by atoms with Crippen LogP contribution in [0.15, 0.2) is 24.3 Å². The summed E-state index contributed by atoms with van der Waals surface area (Å²) in [5.41, 5.74) is 7.61. The van der Waals surface area contributed by atoms with Crippen LogP contribution in [-0.2, 0) is 14.8 Å². The molecule has 0 spiro atoms. The van der Waals surface area contributed by atoms with Crippen LogP contribution >= 0.6 is 23.7 Å². The molecule has 11 heteroatoms. The Morgan fingerprint density at radius 3 is 2.35 bits per heavy atom. The van der Waals surface area contributed by atoms with Crippen molar-refractivity contribution in [1.29, 1.82) is 0 Å². The highest BCUT2D eigenvalue weighted by atomic mass is 35.5. The second-order valence-electron chi connectivity index (χ2n) is 4.66. The molecule has 1 unspecified atom stereocenters. The fraction of sp³-hybridized carbons (Fsp3) is 0.250. The number of hydrogen-bond donors (Lipinski definition) is 3.